The second-order valence-corrected chi connectivity index (χ2v) is 9.14. The lowest BCUT2D eigenvalue weighted by molar-refractivity contribution is 0.591. The third kappa shape index (κ3) is 3.33. The van der Waals surface area contributed by atoms with Crippen LogP contribution in [0, 0.1) is 5.82 Å². The molecule has 0 heterocycles. The van der Waals surface area contributed by atoms with Crippen LogP contribution in [0.4, 0.5) is 4.39 Å². The zero-order valence-corrected chi connectivity index (χ0v) is 14.5. The molecule has 0 saturated heterocycles. The third-order valence-corrected chi connectivity index (χ3v) is 7.19. The third-order valence-electron chi connectivity index (χ3n) is 3.62. The number of sulfone groups is 2. The Hall–Kier alpha value is -2.51. The van der Waals surface area contributed by atoms with E-state index in [0.29, 0.717) is 0 Å². The summed E-state index contributed by atoms with van der Waals surface area (Å²) in [6.45, 7) is 0. The lowest BCUT2D eigenvalue weighted by Gasteiger charge is -2.07. The molecule has 128 valence electrons. The highest BCUT2D eigenvalue weighted by Gasteiger charge is 2.21. The van der Waals surface area contributed by atoms with Gasteiger partial charge in [-0.05, 0) is 60.7 Å². The molecule has 0 aliphatic heterocycles. The van der Waals surface area contributed by atoms with Crippen LogP contribution < -0.4 is 0 Å². The zero-order chi connectivity index (χ0) is 18.1. The van der Waals surface area contributed by atoms with Gasteiger partial charge in [0.2, 0.25) is 19.7 Å². The molecule has 7 heteroatoms. The summed E-state index contributed by atoms with van der Waals surface area (Å²) in [5.74, 6) is -0.539. The van der Waals surface area contributed by atoms with E-state index in [1.54, 1.807) is 18.2 Å². The van der Waals surface area contributed by atoms with Crippen molar-refractivity contribution >= 4 is 19.7 Å². The van der Waals surface area contributed by atoms with Crippen molar-refractivity contribution in [3.63, 3.8) is 0 Å². The van der Waals surface area contributed by atoms with Crippen LogP contribution in [0.1, 0.15) is 0 Å². The van der Waals surface area contributed by atoms with Gasteiger partial charge in [0.1, 0.15) is 5.82 Å². The van der Waals surface area contributed by atoms with Crippen molar-refractivity contribution in [3.8, 4) is 0 Å². The van der Waals surface area contributed by atoms with E-state index in [1.807, 2.05) is 0 Å². The van der Waals surface area contributed by atoms with E-state index in [4.69, 9.17) is 0 Å². The number of hydrogen-bond donors (Lipinski definition) is 0. The van der Waals surface area contributed by atoms with Gasteiger partial charge in [0, 0.05) is 0 Å². The fourth-order valence-electron chi connectivity index (χ4n) is 2.28. The molecule has 0 aliphatic rings. The van der Waals surface area contributed by atoms with Crippen LogP contribution in [-0.2, 0) is 19.7 Å². The van der Waals surface area contributed by atoms with E-state index in [-0.39, 0.29) is 19.6 Å². The SMILES string of the molecule is O=S(=O)(c1ccccc1)c1ccc(S(=O)(=O)c2ccc(F)cc2)cc1. The van der Waals surface area contributed by atoms with Gasteiger partial charge in [-0.1, -0.05) is 18.2 Å². The van der Waals surface area contributed by atoms with E-state index in [1.165, 1.54) is 48.5 Å². The Morgan fingerprint density at radius 2 is 0.800 bits per heavy atom. The van der Waals surface area contributed by atoms with Gasteiger partial charge < -0.3 is 0 Å². The molecule has 25 heavy (non-hydrogen) atoms. The molecule has 4 nitrogen and oxygen atoms in total. The van der Waals surface area contributed by atoms with Crippen LogP contribution >= 0.6 is 0 Å². The molecule has 0 aliphatic carbocycles. The maximum Gasteiger partial charge on any atom is 0.206 e. The van der Waals surface area contributed by atoms with Crippen LogP contribution in [0.3, 0.4) is 0 Å². The fraction of sp³-hybridized carbons (Fsp3) is 0. The van der Waals surface area contributed by atoms with E-state index < -0.39 is 25.5 Å². The average molecular weight is 376 g/mol. The lowest BCUT2D eigenvalue weighted by Crippen LogP contribution is -2.05. The van der Waals surface area contributed by atoms with Crippen LogP contribution in [0.5, 0.6) is 0 Å². The van der Waals surface area contributed by atoms with Crippen molar-refractivity contribution in [1.29, 1.82) is 0 Å². The Kier molecular flexibility index (Phi) is 4.45. The van der Waals surface area contributed by atoms with E-state index in [0.717, 1.165) is 12.1 Å². The standard InChI is InChI=1S/C18H13FO4S2/c19-14-6-8-16(9-7-14)25(22,23)18-12-10-17(11-13-18)24(20,21)15-4-2-1-3-5-15/h1-13H. The number of halogens is 1. The van der Waals surface area contributed by atoms with E-state index >= 15 is 0 Å². The molecule has 3 rings (SSSR count). The Balaban J connectivity index is 1.99. The first kappa shape index (κ1) is 17.3. The molecule has 3 aromatic carbocycles. The normalized spacial score (nSPS) is 12.0. The van der Waals surface area contributed by atoms with E-state index in [2.05, 4.69) is 0 Å². The zero-order valence-electron chi connectivity index (χ0n) is 12.8. The first-order chi connectivity index (χ1) is 11.8. The maximum absolute atomic E-state index is 13.0. The molecule has 0 fully saturated rings. The van der Waals surface area contributed by atoms with Crippen molar-refractivity contribution < 1.29 is 21.2 Å². The van der Waals surface area contributed by atoms with Gasteiger partial charge in [-0.15, -0.1) is 0 Å². The first-order valence-electron chi connectivity index (χ1n) is 7.23. The smallest absolute Gasteiger partial charge is 0.206 e. The van der Waals surface area contributed by atoms with Crippen LogP contribution in [0.25, 0.3) is 0 Å². The van der Waals surface area contributed by atoms with E-state index in [9.17, 15) is 21.2 Å². The number of rotatable bonds is 4. The highest BCUT2D eigenvalue weighted by Crippen LogP contribution is 2.25. The largest absolute Gasteiger partial charge is 0.219 e. The van der Waals surface area contributed by atoms with Gasteiger partial charge in [-0.3, -0.25) is 0 Å². The summed E-state index contributed by atoms with van der Waals surface area (Å²) in [4.78, 5) is -0.000385. The molecule has 0 N–H and O–H groups in total. The number of hydrogen-bond acceptors (Lipinski definition) is 4. The van der Waals surface area contributed by atoms with Gasteiger partial charge in [-0.2, -0.15) is 0 Å². The minimum Gasteiger partial charge on any atom is -0.219 e. The highest BCUT2D eigenvalue weighted by molar-refractivity contribution is 7.92. The Bertz CT molecular complexity index is 1090. The molecule has 0 unspecified atom stereocenters. The molecule has 0 spiro atoms. The average Bonchev–Trinajstić information content (AvgIpc) is 2.63. The molecular formula is C18H13FO4S2. The van der Waals surface area contributed by atoms with Gasteiger partial charge >= 0.3 is 0 Å². The Morgan fingerprint density at radius 3 is 1.20 bits per heavy atom. The summed E-state index contributed by atoms with van der Waals surface area (Å²) < 4.78 is 63.0. The molecule has 0 aromatic heterocycles. The van der Waals surface area contributed by atoms with Gasteiger partial charge in [-0.25, -0.2) is 21.2 Å². The van der Waals surface area contributed by atoms with Gasteiger partial charge in [0.25, 0.3) is 0 Å². The number of benzene rings is 3. The monoisotopic (exact) mass is 376 g/mol. The lowest BCUT2D eigenvalue weighted by atomic mass is 10.3. The van der Waals surface area contributed by atoms with Gasteiger partial charge in [0.05, 0.1) is 19.6 Å². The topological polar surface area (TPSA) is 68.3 Å². The van der Waals surface area contributed by atoms with Crippen molar-refractivity contribution in [1.82, 2.24) is 0 Å². The molecule has 0 atom stereocenters. The Morgan fingerprint density at radius 1 is 0.480 bits per heavy atom. The molecular weight excluding hydrogens is 363 g/mol. The minimum atomic E-state index is -3.84. The predicted octanol–water partition coefficient (Wildman–Crippen LogP) is 3.49. The van der Waals surface area contributed by atoms with Crippen molar-refractivity contribution in [2.24, 2.45) is 0 Å². The minimum absolute atomic E-state index is 0.00300. The van der Waals surface area contributed by atoms with Gasteiger partial charge in [0.15, 0.2) is 0 Å². The second kappa shape index (κ2) is 6.42. The van der Waals surface area contributed by atoms with Crippen molar-refractivity contribution in [2.75, 3.05) is 0 Å². The van der Waals surface area contributed by atoms with Crippen molar-refractivity contribution in [3.05, 3.63) is 84.7 Å². The first-order valence-corrected chi connectivity index (χ1v) is 10.2. The summed E-state index contributed by atoms with van der Waals surface area (Å²) in [5.41, 5.74) is 0. The summed E-state index contributed by atoms with van der Waals surface area (Å²) in [6.07, 6.45) is 0. The molecule has 0 bridgehead atoms. The van der Waals surface area contributed by atoms with Crippen LogP contribution in [-0.4, -0.2) is 16.8 Å². The predicted molar refractivity (Wildman–Crippen MR) is 90.2 cm³/mol. The maximum atomic E-state index is 13.0. The van der Waals surface area contributed by atoms with Crippen LogP contribution in [0.15, 0.2) is 98.4 Å². The quantitative estimate of drug-likeness (QED) is 0.654. The highest BCUT2D eigenvalue weighted by atomic mass is 32.2. The fourth-order valence-corrected chi connectivity index (χ4v) is 4.83. The Labute approximate surface area is 145 Å². The molecule has 0 saturated carbocycles. The summed E-state index contributed by atoms with van der Waals surface area (Å²) in [7, 11) is -7.56. The summed E-state index contributed by atoms with van der Waals surface area (Å²) in [5, 5.41) is 0. The molecule has 3 aromatic rings. The summed E-state index contributed by atoms with van der Waals surface area (Å²) >= 11 is 0. The summed E-state index contributed by atoms with van der Waals surface area (Å²) in [6, 6.07) is 17.3. The molecule has 0 radical (unpaired) electrons. The second-order valence-electron chi connectivity index (χ2n) is 5.25. The van der Waals surface area contributed by atoms with Crippen LogP contribution in [0.2, 0.25) is 0 Å². The molecule has 0 amide bonds. The van der Waals surface area contributed by atoms with Crippen molar-refractivity contribution in [2.45, 2.75) is 19.6 Å².